The van der Waals surface area contributed by atoms with Crippen molar-refractivity contribution in [2.45, 2.75) is 6.92 Å². The molecule has 1 aliphatic rings. The summed E-state index contributed by atoms with van der Waals surface area (Å²) in [6.07, 6.45) is 0. The zero-order valence-electron chi connectivity index (χ0n) is 17.8. The second-order valence-corrected chi connectivity index (χ2v) is 6.38. The van der Waals surface area contributed by atoms with Crippen molar-refractivity contribution in [2.24, 2.45) is 0 Å². The summed E-state index contributed by atoms with van der Waals surface area (Å²) >= 11 is 0. The minimum Gasteiger partial charge on any atom is -0.493 e. The molecule has 9 heteroatoms. The molecule has 0 unspecified atom stereocenters. The lowest BCUT2D eigenvalue weighted by Gasteiger charge is -2.17. The summed E-state index contributed by atoms with van der Waals surface area (Å²) in [6.45, 7) is 1.93. The van der Waals surface area contributed by atoms with Crippen LogP contribution in [-0.4, -0.2) is 51.8 Å². The normalized spacial score (nSPS) is 11.4. The van der Waals surface area contributed by atoms with Crippen molar-refractivity contribution in [3.8, 4) is 45.8 Å². The molecule has 1 aromatic heterocycles. The number of carbonyl (C=O) groups is 1. The molecule has 0 atom stereocenters. The molecule has 3 aromatic rings. The highest BCUT2D eigenvalue weighted by atomic mass is 16.7. The standard InChI is InChI=1S/C21H21NO6.CH2O2/c1-11-6-13(12-7-15(23-2)19-17(8-12)27-10-28-19)22-14-9-16(24-3)20(25-4)21(26-5)18(11)14;2-1-3/h6-9H,10H2,1-5H3;1H,(H,2,3). The lowest BCUT2D eigenvalue weighted by Crippen LogP contribution is -1.99. The van der Waals surface area contributed by atoms with Crippen LogP contribution in [0.1, 0.15) is 5.56 Å². The van der Waals surface area contributed by atoms with E-state index in [0.717, 1.165) is 27.7 Å². The fraction of sp³-hybridized carbons (Fsp3) is 0.273. The summed E-state index contributed by atoms with van der Waals surface area (Å²) in [5.41, 5.74) is 3.37. The van der Waals surface area contributed by atoms with Gasteiger partial charge in [0, 0.05) is 17.0 Å². The summed E-state index contributed by atoms with van der Waals surface area (Å²) in [5.74, 6) is 3.54. The molecule has 4 rings (SSSR count). The molecule has 0 aliphatic carbocycles. The summed E-state index contributed by atoms with van der Waals surface area (Å²) in [6, 6.07) is 7.63. The second kappa shape index (κ2) is 9.29. The molecule has 2 aromatic carbocycles. The molecule has 2 heterocycles. The molecule has 164 valence electrons. The van der Waals surface area contributed by atoms with Gasteiger partial charge in [-0.2, -0.15) is 0 Å². The number of hydrogen-bond acceptors (Lipinski definition) is 8. The van der Waals surface area contributed by atoms with E-state index in [9.17, 15) is 0 Å². The predicted octanol–water partition coefficient (Wildman–Crippen LogP) is 3.67. The number of fused-ring (bicyclic) bond motifs is 2. The van der Waals surface area contributed by atoms with Gasteiger partial charge in [-0.15, -0.1) is 0 Å². The van der Waals surface area contributed by atoms with Gasteiger partial charge < -0.3 is 33.5 Å². The minimum absolute atomic E-state index is 0.174. The molecule has 0 fully saturated rings. The maximum absolute atomic E-state index is 8.36. The Balaban J connectivity index is 0.000000858. The first-order chi connectivity index (χ1) is 15.0. The SMILES string of the molecule is COc1cc(-c2cc(C)c3c(OC)c(OC)c(OC)cc3n2)cc2c1OCO2.O=CO. The fourth-order valence-electron chi connectivity index (χ4n) is 3.48. The second-order valence-electron chi connectivity index (χ2n) is 6.38. The zero-order valence-corrected chi connectivity index (χ0v) is 17.8. The van der Waals surface area contributed by atoms with Crippen molar-refractivity contribution in [1.29, 1.82) is 0 Å². The molecule has 1 aliphatic heterocycles. The van der Waals surface area contributed by atoms with Crippen molar-refractivity contribution in [3.63, 3.8) is 0 Å². The average molecular weight is 429 g/mol. The third-order valence-electron chi connectivity index (χ3n) is 4.75. The maximum Gasteiger partial charge on any atom is 0.290 e. The van der Waals surface area contributed by atoms with Gasteiger partial charge in [0.2, 0.25) is 18.3 Å². The van der Waals surface area contributed by atoms with Crippen LogP contribution in [0.25, 0.3) is 22.2 Å². The number of aryl methyl sites for hydroxylation is 1. The molecule has 0 radical (unpaired) electrons. The molecular formula is C22H23NO8. The van der Waals surface area contributed by atoms with E-state index in [1.165, 1.54) is 0 Å². The van der Waals surface area contributed by atoms with Crippen LogP contribution in [0.5, 0.6) is 34.5 Å². The highest BCUT2D eigenvalue weighted by Crippen LogP contribution is 2.47. The van der Waals surface area contributed by atoms with E-state index in [1.807, 2.05) is 31.2 Å². The Bertz CT molecular complexity index is 1110. The minimum atomic E-state index is -0.250. The Morgan fingerprint density at radius 3 is 2.23 bits per heavy atom. The van der Waals surface area contributed by atoms with Gasteiger partial charge in [0.05, 0.1) is 39.6 Å². The van der Waals surface area contributed by atoms with Crippen molar-refractivity contribution < 1.29 is 38.3 Å². The van der Waals surface area contributed by atoms with Crippen LogP contribution in [0, 0.1) is 6.92 Å². The molecule has 0 bridgehead atoms. The van der Waals surface area contributed by atoms with Gasteiger partial charge in [0.25, 0.3) is 6.47 Å². The highest BCUT2D eigenvalue weighted by molar-refractivity contribution is 5.94. The molecule has 9 nitrogen and oxygen atoms in total. The molecule has 0 amide bonds. The summed E-state index contributed by atoms with van der Waals surface area (Å²) in [4.78, 5) is 13.2. The Labute approximate surface area is 179 Å². The van der Waals surface area contributed by atoms with Crippen LogP contribution in [-0.2, 0) is 4.79 Å². The van der Waals surface area contributed by atoms with E-state index in [-0.39, 0.29) is 13.3 Å². The van der Waals surface area contributed by atoms with Crippen LogP contribution in [0.3, 0.4) is 0 Å². The Morgan fingerprint density at radius 1 is 0.935 bits per heavy atom. The smallest absolute Gasteiger partial charge is 0.290 e. The van der Waals surface area contributed by atoms with Gasteiger partial charge in [-0.05, 0) is 30.7 Å². The number of benzene rings is 2. The average Bonchev–Trinajstić information content (AvgIpc) is 3.26. The van der Waals surface area contributed by atoms with E-state index >= 15 is 0 Å². The van der Waals surface area contributed by atoms with Gasteiger partial charge >= 0.3 is 0 Å². The summed E-state index contributed by atoms with van der Waals surface area (Å²) < 4.78 is 33.0. The van der Waals surface area contributed by atoms with Crippen molar-refractivity contribution >= 4 is 17.4 Å². The lowest BCUT2D eigenvalue weighted by molar-refractivity contribution is -0.122. The lowest BCUT2D eigenvalue weighted by atomic mass is 10.0. The summed E-state index contributed by atoms with van der Waals surface area (Å²) in [7, 11) is 6.37. The number of carboxylic acid groups (broad SMARTS) is 1. The summed E-state index contributed by atoms with van der Waals surface area (Å²) in [5, 5.41) is 7.76. The zero-order chi connectivity index (χ0) is 22.5. The number of methoxy groups -OCH3 is 4. The number of pyridine rings is 1. The highest BCUT2D eigenvalue weighted by Gasteiger charge is 2.23. The predicted molar refractivity (Wildman–Crippen MR) is 113 cm³/mol. The molecule has 0 saturated heterocycles. The Kier molecular flexibility index (Phi) is 6.54. The number of rotatable bonds is 5. The van der Waals surface area contributed by atoms with E-state index in [4.69, 9.17) is 43.3 Å². The van der Waals surface area contributed by atoms with Gasteiger partial charge in [0.1, 0.15) is 0 Å². The molecule has 31 heavy (non-hydrogen) atoms. The van der Waals surface area contributed by atoms with Crippen LogP contribution >= 0.6 is 0 Å². The molecular weight excluding hydrogens is 406 g/mol. The maximum atomic E-state index is 8.36. The topological polar surface area (TPSA) is 106 Å². The van der Waals surface area contributed by atoms with Crippen molar-refractivity contribution in [2.75, 3.05) is 35.2 Å². The van der Waals surface area contributed by atoms with Gasteiger partial charge in [-0.3, -0.25) is 4.79 Å². The first-order valence-corrected chi connectivity index (χ1v) is 9.19. The molecule has 0 spiro atoms. The van der Waals surface area contributed by atoms with E-state index in [1.54, 1.807) is 28.4 Å². The third-order valence-corrected chi connectivity index (χ3v) is 4.75. The Morgan fingerprint density at radius 2 is 1.61 bits per heavy atom. The number of aromatic nitrogens is 1. The van der Waals surface area contributed by atoms with Gasteiger partial charge in [0.15, 0.2) is 23.0 Å². The number of hydrogen-bond donors (Lipinski definition) is 1. The van der Waals surface area contributed by atoms with E-state index < -0.39 is 0 Å². The van der Waals surface area contributed by atoms with Crippen LogP contribution < -0.4 is 28.4 Å². The van der Waals surface area contributed by atoms with Gasteiger partial charge in [-0.1, -0.05) is 0 Å². The van der Waals surface area contributed by atoms with E-state index in [0.29, 0.717) is 34.5 Å². The van der Waals surface area contributed by atoms with Crippen molar-refractivity contribution in [1.82, 2.24) is 4.98 Å². The largest absolute Gasteiger partial charge is 0.493 e. The number of ether oxygens (including phenoxy) is 6. The van der Waals surface area contributed by atoms with Crippen LogP contribution in [0.15, 0.2) is 24.3 Å². The first kappa shape index (κ1) is 21.8. The Hall–Kier alpha value is -3.88. The van der Waals surface area contributed by atoms with Crippen LogP contribution in [0.2, 0.25) is 0 Å². The molecule has 0 saturated carbocycles. The van der Waals surface area contributed by atoms with Crippen molar-refractivity contribution in [3.05, 3.63) is 29.8 Å². The monoisotopic (exact) mass is 429 g/mol. The number of nitrogens with zero attached hydrogens (tertiary/aromatic N) is 1. The fourth-order valence-corrected chi connectivity index (χ4v) is 3.48. The van der Waals surface area contributed by atoms with Crippen LogP contribution in [0.4, 0.5) is 0 Å². The van der Waals surface area contributed by atoms with E-state index in [2.05, 4.69) is 0 Å². The quantitative estimate of drug-likeness (QED) is 0.608. The third kappa shape index (κ3) is 3.94. The first-order valence-electron chi connectivity index (χ1n) is 9.19. The van der Waals surface area contributed by atoms with Gasteiger partial charge in [-0.25, -0.2) is 4.98 Å². The molecule has 1 N–H and O–H groups in total.